The largest absolute Gasteiger partial charge is 0.459 e. The number of carbonyl (C=O) groups excluding carboxylic acids is 1. The van der Waals surface area contributed by atoms with Gasteiger partial charge in [-0.05, 0) is 41.0 Å². The van der Waals surface area contributed by atoms with Gasteiger partial charge in [-0.2, -0.15) is 0 Å². The second-order valence-electron chi connectivity index (χ2n) is 8.39. The van der Waals surface area contributed by atoms with Gasteiger partial charge < -0.3 is 9.32 Å². The molecule has 1 aliphatic carbocycles. The third-order valence-electron chi connectivity index (χ3n) is 6.50. The van der Waals surface area contributed by atoms with E-state index in [1.807, 2.05) is 11.0 Å². The molecule has 5 rings (SSSR count). The van der Waals surface area contributed by atoms with Gasteiger partial charge in [0.2, 0.25) is 0 Å². The molecule has 0 N–H and O–H groups in total. The van der Waals surface area contributed by atoms with Gasteiger partial charge in [0.15, 0.2) is 11.6 Å². The Morgan fingerprint density at radius 3 is 2.45 bits per heavy atom. The zero-order valence-corrected chi connectivity index (χ0v) is 17.6. The van der Waals surface area contributed by atoms with Crippen LogP contribution in [0, 0.1) is 0 Å². The molecule has 8 heteroatoms. The van der Waals surface area contributed by atoms with E-state index in [1.54, 1.807) is 18.4 Å². The number of hydrogen-bond donors (Lipinski definition) is 0. The van der Waals surface area contributed by atoms with E-state index in [9.17, 15) is 4.79 Å². The molecule has 1 aromatic carbocycles. The van der Waals surface area contributed by atoms with Crippen LogP contribution in [0.5, 0.6) is 0 Å². The lowest BCUT2D eigenvalue weighted by atomic mass is 9.95. The first-order chi connectivity index (χ1) is 15.3. The van der Waals surface area contributed by atoms with Crippen molar-refractivity contribution >= 4 is 5.91 Å². The van der Waals surface area contributed by atoms with Crippen LogP contribution in [0.3, 0.4) is 0 Å². The molecular formula is C23H28N6O2. The Morgan fingerprint density at radius 1 is 0.968 bits per heavy atom. The van der Waals surface area contributed by atoms with Gasteiger partial charge in [0.1, 0.15) is 0 Å². The number of furan rings is 1. The summed E-state index contributed by atoms with van der Waals surface area (Å²) in [5.74, 6) is 1.26. The lowest BCUT2D eigenvalue weighted by Crippen LogP contribution is -2.50. The van der Waals surface area contributed by atoms with Crippen LogP contribution >= 0.6 is 0 Å². The minimum absolute atomic E-state index is 0.0287. The van der Waals surface area contributed by atoms with E-state index in [2.05, 4.69) is 49.4 Å². The molecule has 0 unspecified atom stereocenters. The zero-order chi connectivity index (χ0) is 21.0. The minimum Gasteiger partial charge on any atom is -0.459 e. The van der Waals surface area contributed by atoms with Crippen LogP contribution in [0.2, 0.25) is 0 Å². The maximum absolute atomic E-state index is 12.7. The smallest absolute Gasteiger partial charge is 0.289 e. The summed E-state index contributed by atoms with van der Waals surface area (Å²) in [6.07, 6.45) is 7.55. The lowest BCUT2D eigenvalue weighted by Gasteiger charge is -2.39. The van der Waals surface area contributed by atoms with Crippen molar-refractivity contribution in [3.8, 4) is 0 Å². The number of amides is 1. The number of rotatable bonds is 5. The maximum Gasteiger partial charge on any atom is 0.289 e. The number of carbonyl (C=O) groups is 1. The Labute approximate surface area is 181 Å². The summed E-state index contributed by atoms with van der Waals surface area (Å²) < 4.78 is 7.37. The summed E-state index contributed by atoms with van der Waals surface area (Å²) in [5, 5.41) is 13.0. The second-order valence-corrected chi connectivity index (χ2v) is 8.39. The molecule has 2 fully saturated rings. The topological polar surface area (TPSA) is 80.3 Å². The van der Waals surface area contributed by atoms with E-state index in [0.717, 1.165) is 31.8 Å². The summed E-state index contributed by atoms with van der Waals surface area (Å²) >= 11 is 0. The van der Waals surface area contributed by atoms with Crippen molar-refractivity contribution in [1.29, 1.82) is 0 Å². The Bertz CT molecular complexity index is 973. The van der Waals surface area contributed by atoms with E-state index in [4.69, 9.17) is 4.42 Å². The third-order valence-corrected chi connectivity index (χ3v) is 6.50. The zero-order valence-electron chi connectivity index (χ0n) is 17.6. The summed E-state index contributed by atoms with van der Waals surface area (Å²) in [5.41, 5.74) is 1.18. The highest BCUT2D eigenvalue weighted by molar-refractivity contribution is 5.91. The first kappa shape index (κ1) is 19.9. The van der Waals surface area contributed by atoms with Crippen molar-refractivity contribution in [1.82, 2.24) is 30.0 Å². The molecule has 31 heavy (non-hydrogen) atoms. The van der Waals surface area contributed by atoms with E-state index in [-0.39, 0.29) is 11.9 Å². The van der Waals surface area contributed by atoms with Gasteiger partial charge in [0.25, 0.3) is 5.91 Å². The van der Waals surface area contributed by atoms with Gasteiger partial charge in [-0.25, -0.2) is 4.68 Å². The summed E-state index contributed by atoms with van der Waals surface area (Å²) in [7, 11) is 0. The Morgan fingerprint density at radius 2 is 1.74 bits per heavy atom. The normalized spacial score (nSPS) is 19.4. The second kappa shape index (κ2) is 9.01. The molecule has 1 aliphatic heterocycles. The van der Waals surface area contributed by atoms with Crippen molar-refractivity contribution in [2.24, 2.45) is 0 Å². The minimum atomic E-state index is -0.0482. The van der Waals surface area contributed by atoms with E-state index < -0.39 is 0 Å². The van der Waals surface area contributed by atoms with Gasteiger partial charge >= 0.3 is 0 Å². The van der Waals surface area contributed by atoms with Gasteiger partial charge in [-0.1, -0.05) is 49.6 Å². The molecule has 8 nitrogen and oxygen atoms in total. The fourth-order valence-corrected chi connectivity index (χ4v) is 4.86. The summed E-state index contributed by atoms with van der Waals surface area (Å²) in [6.45, 7) is 2.80. The molecule has 162 valence electrons. The number of nitrogens with zero attached hydrogens (tertiary/aromatic N) is 6. The van der Waals surface area contributed by atoms with Crippen LogP contribution in [-0.2, 0) is 0 Å². The number of tetrazole rings is 1. The average Bonchev–Trinajstić information content (AvgIpc) is 3.54. The summed E-state index contributed by atoms with van der Waals surface area (Å²) in [4.78, 5) is 16.9. The average molecular weight is 421 g/mol. The van der Waals surface area contributed by atoms with Gasteiger partial charge in [0, 0.05) is 26.2 Å². The van der Waals surface area contributed by atoms with Crippen LogP contribution in [0.25, 0.3) is 0 Å². The number of piperazine rings is 1. The van der Waals surface area contributed by atoms with Crippen molar-refractivity contribution in [3.63, 3.8) is 0 Å². The highest BCUT2D eigenvalue weighted by Gasteiger charge is 2.33. The SMILES string of the molecule is O=C(c1ccco1)N1CCN([C@H](c2ccccc2)c2nnnn2C2CCCCC2)CC1. The Balaban J connectivity index is 1.39. The predicted octanol–water partition coefficient (Wildman–Crippen LogP) is 3.32. The van der Waals surface area contributed by atoms with Crippen molar-refractivity contribution in [2.75, 3.05) is 26.2 Å². The predicted molar refractivity (Wildman–Crippen MR) is 114 cm³/mol. The van der Waals surface area contributed by atoms with Gasteiger partial charge in [-0.3, -0.25) is 9.69 Å². The number of benzene rings is 1. The molecule has 0 bridgehead atoms. The quantitative estimate of drug-likeness (QED) is 0.630. The van der Waals surface area contributed by atoms with E-state index in [1.165, 1.54) is 24.8 Å². The molecule has 1 saturated heterocycles. The Hall–Kier alpha value is -3.00. The molecule has 1 atom stereocenters. The van der Waals surface area contributed by atoms with Crippen molar-refractivity contribution < 1.29 is 9.21 Å². The monoisotopic (exact) mass is 420 g/mol. The maximum atomic E-state index is 12.7. The number of hydrogen-bond acceptors (Lipinski definition) is 6. The fourth-order valence-electron chi connectivity index (χ4n) is 4.86. The Kier molecular flexibility index (Phi) is 5.80. The molecular weight excluding hydrogens is 392 g/mol. The lowest BCUT2D eigenvalue weighted by molar-refractivity contribution is 0.0557. The van der Waals surface area contributed by atoms with Crippen LogP contribution in [0.4, 0.5) is 0 Å². The molecule has 0 radical (unpaired) electrons. The van der Waals surface area contributed by atoms with Crippen LogP contribution in [0.15, 0.2) is 53.1 Å². The van der Waals surface area contributed by atoms with Crippen LogP contribution in [0.1, 0.15) is 66.1 Å². The molecule has 3 heterocycles. The molecule has 2 aromatic heterocycles. The van der Waals surface area contributed by atoms with Gasteiger partial charge in [0.05, 0.1) is 18.3 Å². The highest BCUT2D eigenvalue weighted by atomic mass is 16.3. The van der Waals surface area contributed by atoms with E-state index in [0.29, 0.717) is 24.9 Å². The first-order valence-corrected chi connectivity index (χ1v) is 11.2. The number of aromatic nitrogens is 4. The van der Waals surface area contributed by atoms with Crippen LogP contribution < -0.4 is 0 Å². The molecule has 3 aromatic rings. The highest BCUT2D eigenvalue weighted by Crippen LogP contribution is 2.33. The van der Waals surface area contributed by atoms with E-state index >= 15 is 0 Å². The summed E-state index contributed by atoms with van der Waals surface area (Å²) in [6, 6.07) is 14.3. The molecule has 2 aliphatic rings. The van der Waals surface area contributed by atoms with Gasteiger partial charge in [-0.15, -0.1) is 5.10 Å². The molecule has 0 spiro atoms. The molecule has 1 amide bonds. The first-order valence-electron chi connectivity index (χ1n) is 11.2. The standard InChI is InChI=1S/C23H28N6O2/c30-23(20-12-7-17-31-20)28-15-13-27(14-16-28)21(18-8-3-1-4-9-18)22-24-25-26-29(22)19-10-5-2-6-11-19/h1,3-4,7-9,12,17,19,21H,2,5-6,10-11,13-16H2/t21-/m1/s1. The van der Waals surface area contributed by atoms with Crippen molar-refractivity contribution in [3.05, 3.63) is 65.9 Å². The third kappa shape index (κ3) is 4.12. The fraction of sp³-hybridized carbons (Fsp3) is 0.478. The van der Waals surface area contributed by atoms with Crippen molar-refractivity contribution in [2.45, 2.75) is 44.2 Å². The molecule has 1 saturated carbocycles. The van der Waals surface area contributed by atoms with Crippen LogP contribution in [-0.4, -0.2) is 62.1 Å².